The van der Waals surface area contributed by atoms with Crippen LogP contribution < -0.4 is 0 Å². The number of hydrogen-bond donors (Lipinski definition) is 1. The summed E-state index contributed by atoms with van der Waals surface area (Å²) in [7, 11) is 0. The van der Waals surface area contributed by atoms with Gasteiger partial charge in [0.15, 0.2) is 0 Å². The van der Waals surface area contributed by atoms with Gasteiger partial charge in [-0.2, -0.15) is 0 Å². The van der Waals surface area contributed by atoms with Gasteiger partial charge in [-0.3, -0.25) is 0 Å². The van der Waals surface area contributed by atoms with Gasteiger partial charge in [-0.1, -0.05) is 105 Å². The second kappa shape index (κ2) is 8.68. The molecule has 0 radical (unpaired) electrons. The monoisotopic (exact) mass is 396 g/mol. The maximum atomic E-state index is 11.9. The fraction of sp³-hybridized carbons (Fsp3) is 0.222. The van der Waals surface area contributed by atoms with E-state index in [0.717, 1.165) is 5.56 Å². The largest absolute Gasteiger partial charge is 0.390 e. The molecule has 4 rings (SSSR count). The van der Waals surface area contributed by atoms with Crippen LogP contribution in [0.15, 0.2) is 110 Å². The molecule has 30 heavy (non-hydrogen) atoms. The normalized spacial score (nSPS) is 13.9. The first-order valence-corrected chi connectivity index (χ1v) is 10.4. The molecule has 0 amide bonds. The second-order valence-electron chi connectivity index (χ2n) is 8.39. The number of nitrogens with zero attached hydrogens (tertiary/aromatic N) is 2. The van der Waals surface area contributed by atoms with Crippen molar-refractivity contribution in [1.82, 2.24) is 9.55 Å². The molecule has 1 heterocycles. The van der Waals surface area contributed by atoms with Crippen molar-refractivity contribution in [3.8, 4) is 0 Å². The van der Waals surface area contributed by atoms with Gasteiger partial charge in [0.25, 0.3) is 0 Å². The first-order valence-electron chi connectivity index (χ1n) is 10.4. The molecule has 2 atom stereocenters. The summed E-state index contributed by atoms with van der Waals surface area (Å²) in [5, 5.41) is 11.9. The SMILES string of the molecule is CC(C)(C(c1ccccc1)c1ccccc1)C(O)C(c1ccccc1)n1ccnc1. The topological polar surface area (TPSA) is 38.0 Å². The lowest BCUT2D eigenvalue weighted by Gasteiger charge is -2.43. The van der Waals surface area contributed by atoms with E-state index in [4.69, 9.17) is 0 Å². The zero-order valence-electron chi connectivity index (χ0n) is 17.5. The van der Waals surface area contributed by atoms with Gasteiger partial charge >= 0.3 is 0 Å². The lowest BCUT2D eigenvalue weighted by atomic mass is 9.66. The molecule has 0 aliphatic heterocycles. The van der Waals surface area contributed by atoms with E-state index in [2.05, 4.69) is 79.5 Å². The van der Waals surface area contributed by atoms with Crippen molar-refractivity contribution in [2.45, 2.75) is 31.9 Å². The van der Waals surface area contributed by atoms with E-state index in [-0.39, 0.29) is 12.0 Å². The second-order valence-corrected chi connectivity index (χ2v) is 8.39. The number of imidazole rings is 1. The van der Waals surface area contributed by atoms with E-state index in [0.29, 0.717) is 0 Å². The highest BCUT2D eigenvalue weighted by molar-refractivity contribution is 5.36. The van der Waals surface area contributed by atoms with Crippen LogP contribution in [-0.2, 0) is 0 Å². The van der Waals surface area contributed by atoms with Gasteiger partial charge in [-0.05, 0) is 16.7 Å². The fourth-order valence-electron chi connectivity index (χ4n) is 4.52. The summed E-state index contributed by atoms with van der Waals surface area (Å²) in [5.41, 5.74) is 3.00. The fourth-order valence-corrected chi connectivity index (χ4v) is 4.52. The molecule has 0 saturated carbocycles. The van der Waals surface area contributed by atoms with Crippen molar-refractivity contribution in [1.29, 1.82) is 0 Å². The van der Waals surface area contributed by atoms with E-state index in [1.54, 1.807) is 12.5 Å². The molecule has 4 aromatic rings. The smallest absolute Gasteiger partial charge is 0.0952 e. The minimum atomic E-state index is -0.653. The van der Waals surface area contributed by atoms with Crippen molar-refractivity contribution in [2.24, 2.45) is 5.41 Å². The maximum absolute atomic E-state index is 11.9. The van der Waals surface area contributed by atoms with E-state index in [1.807, 2.05) is 41.1 Å². The van der Waals surface area contributed by atoms with E-state index < -0.39 is 11.5 Å². The summed E-state index contributed by atoms with van der Waals surface area (Å²) < 4.78 is 2.01. The average molecular weight is 397 g/mol. The summed E-state index contributed by atoms with van der Waals surface area (Å²) in [6, 6.07) is 30.9. The third-order valence-corrected chi connectivity index (χ3v) is 6.06. The van der Waals surface area contributed by atoms with Gasteiger partial charge in [-0.15, -0.1) is 0 Å². The van der Waals surface area contributed by atoms with Crippen molar-refractivity contribution < 1.29 is 5.11 Å². The van der Waals surface area contributed by atoms with Gasteiger partial charge in [0.05, 0.1) is 18.5 Å². The number of benzene rings is 3. The maximum Gasteiger partial charge on any atom is 0.0952 e. The summed E-state index contributed by atoms with van der Waals surface area (Å²) >= 11 is 0. The van der Waals surface area contributed by atoms with Crippen molar-refractivity contribution >= 4 is 0 Å². The number of rotatable bonds is 7. The standard InChI is InChI=1S/C27H28N2O/c1-27(2,24(21-12-6-3-7-13-21)22-14-8-4-9-15-22)26(30)25(29-19-18-28-20-29)23-16-10-5-11-17-23/h3-20,24-26,30H,1-2H3. The third-order valence-electron chi connectivity index (χ3n) is 6.06. The van der Waals surface area contributed by atoms with Crippen molar-refractivity contribution in [3.63, 3.8) is 0 Å². The Morgan fingerprint density at radius 1 is 0.733 bits per heavy atom. The minimum Gasteiger partial charge on any atom is -0.390 e. The molecular weight excluding hydrogens is 368 g/mol. The number of aliphatic hydroxyl groups is 1. The lowest BCUT2D eigenvalue weighted by Crippen LogP contribution is -2.42. The quantitative estimate of drug-likeness (QED) is 0.436. The predicted molar refractivity (Wildman–Crippen MR) is 121 cm³/mol. The molecule has 0 bridgehead atoms. The molecule has 0 fully saturated rings. The Morgan fingerprint density at radius 2 is 1.20 bits per heavy atom. The summed E-state index contributed by atoms with van der Waals surface area (Å²) in [6.45, 7) is 4.32. The van der Waals surface area contributed by atoms with Crippen LogP contribution in [0, 0.1) is 5.41 Å². The first-order chi connectivity index (χ1) is 14.6. The number of aromatic nitrogens is 2. The molecule has 0 aliphatic carbocycles. The molecular formula is C27H28N2O. The Hall–Kier alpha value is -3.17. The van der Waals surface area contributed by atoms with E-state index in [9.17, 15) is 5.11 Å². The molecule has 3 aromatic carbocycles. The average Bonchev–Trinajstić information content (AvgIpc) is 3.30. The molecule has 1 aromatic heterocycles. The highest BCUT2D eigenvalue weighted by Crippen LogP contribution is 2.47. The van der Waals surface area contributed by atoms with E-state index in [1.165, 1.54) is 11.1 Å². The Balaban J connectivity index is 1.82. The van der Waals surface area contributed by atoms with Gasteiger partial charge in [0, 0.05) is 23.7 Å². The third kappa shape index (κ3) is 3.94. The molecule has 0 aliphatic rings. The molecule has 3 heteroatoms. The molecule has 0 saturated heterocycles. The number of hydrogen-bond acceptors (Lipinski definition) is 2. The summed E-state index contributed by atoms with van der Waals surface area (Å²) in [4.78, 5) is 4.25. The van der Waals surface area contributed by atoms with Crippen molar-refractivity contribution in [3.05, 3.63) is 126 Å². The Bertz CT molecular complexity index is 989. The molecule has 152 valence electrons. The van der Waals surface area contributed by atoms with Crippen LogP contribution in [0.2, 0.25) is 0 Å². The van der Waals surface area contributed by atoms with Crippen LogP contribution in [-0.4, -0.2) is 20.8 Å². The van der Waals surface area contributed by atoms with Gasteiger partial charge in [0.1, 0.15) is 0 Å². The van der Waals surface area contributed by atoms with Crippen LogP contribution in [0.4, 0.5) is 0 Å². The van der Waals surface area contributed by atoms with Crippen LogP contribution in [0.5, 0.6) is 0 Å². The molecule has 0 spiro atoms. The zero-order valence-corrected chi connectivity index (χ0v) is 17.5. The highest BCUT2D eigenvalue weighted by atomic mass is 16.3. The minimum absolute atomic E-state index is 0.0321. The molecule has 1 N–H and O–H groups in total. The van der Waals surface area contributed by atoms with Crippen molar-refractivity contribution in [2.75, 3.05) is 0 Å². The van der Waals surface area contributed by atoms with Crippen LogP contribution >= 0.6 is 0 Å². The van der Waals surface area contributed by atoms with Gasteiger partial charge in [0.2, 0.25) is 0 Å². The lowest BCUT2D eigenvalue weighted by molar-refractivity contribution is 0.00835. The predicted octanol–water partition coefficient (Wildman–Crippen LogP) is 5.69. The Labute approximate surface area is 178 Å². The highest BCUT2D eigenvalue weighted by Gasteiger charge is 2.43. The molecule has 2 unspecified atom stereocenters. The Kier molecular flexibility index (Phi) is 5.82. The zero-order chi connectivity index (χ0) is 21.0. The summed E-state index contributed by atoms with van der Waals surface area (Å²) in [5.74, 6) is 0.0321. The van der Waals surface area contributed by atoms with Gasteiger partial charge < -0.3 is 9.67 Å². The first kappa shape index (κ1) is 20.1. The van der Waals surface area contributed by atoms with Crippen LogP contribution in [0.1, 0.15) is 42.5 Å². The summed E-state index contributed by atoms with van der Waals surface area (Å²) in [6.07, 6.45) is 4.83. The van der Waals surface area contributed by atoms with Gasteiger partial charge in [-0.25, -0.2) is 4.98 Å². The van der Waals surface area contributed by atoms with Crippen LogP contribution in [0.25, 0.3) is 0 Å². The Morgan fingerprint density at radius 3 is 1.63 bits per heavy atom. The van der Waals surface area contributed by atoms with Crippen LogP contribution in [0.3, 0.4) is 0 Å². The van der Waals surface area contributed by atoms with E-state index >= 15 is 0 Å². The molecule has 3 nitrogen and oxygen atoms in total. The number of aliphatic hydroxyl groups excluding tert-OH is 1.